The standard InChI is InChI=1S/C20H28N2O/c1-17-6-4-7-19(14-17)16-23-20-10-8-18(9-11-20)15-21-12-5-13-22(2)3/h4,6-11,14,21H,5,12-13,15-16H2,1-3H3. The van der Waals surface area contributed by atoms with E-state index in [0.717, 1.165) is 25.4 Å². The maximum absolute atomic E-state index is 5.85. The van der Waals surface area contributed by atoms with E-state index in [9.17, 15) is 0 Å². The Hall–Kier alpha value is -1.84. The van der Waals surface area contributed by atoms with E-state index in [-0.39, 0.29) is 0 Å². The highest BCUT2D eigenvalue weighted by molar-refractivity contribution is 5.28. The van der Waals surface area contributed by atoms with Gasteiger partial charge in [0.05, 0.1) is 0 Å². The molecule has 124 valence electrons. The monoisotopic (exact) mass is 312 g/mol. The van der Waals surface area contributed by atoms with Crippen LogP contribution in [0.3, 0.4) is 0 Å². The summed E-state index contributed by atoms with van der Waals surface area (Å²) in [5.41, 5.74) is 3.76. The SMILES string of the molecule is Cc1cccc(COc2ccc(CNCCCN(C)C)cc2)c1. The van der Waals surface area contributed by atoms with Gasteiger partial charge in [-0.05, 0) is 63.8 Å². The lowest BCUT2D eigenvalue weighted by molar-refractivity contribution is 0.306. The van der Waals surface area contributed by atoms with Crippen LogP contribution in [0.25, 0.3) is 0 Å². The molecule has 0 spiro atoms. The number of hydrogen-bond donors (Lipinski definition) is 1. The smallest absolute Gasteiger partial charge is 0.119 e. The van der Waals surface area contributed by atoms with E-state index in [0.29, 0.717) is 6.61 Å². The highest BCUT2D eigenvalue weighted by Crippen LogP contribution is 2.14. The number of aryl methyl sites for hydroxylation is 1. The first-order chi connectivity index (χ1) is 11.1. The second-order valence-electron chi connectivity index (χ2n) is 6.26. The molecule has 0 bridgehead atoms. The molecule has 3 nitrogen and oxygen atoms in total. The Kier molecular flexibility index (Phi) is 7.11. The molecule has 0 aliphatic carbocycles. The summed E-state index contributed by atoms with van der Waals surface area (Å²) < 4.78 is 5.85. The first-order valence-corrected chi connectivity index (χ1v) is 8.26. The Balaban J connectivity index is 1.72. The quantitative estimate of drug-likeness (QED) is 0.716. The number of nitrogens with zero attached hydrogens (tertiary/aromatic N) is 1. The largest absolute Gasteiger partial charge is 0.489 e. The van der Waals surface area contributed by atoms with Crippen molar-refractivity contribution in [2.75, 3.05) is 27.2 Å². The summed E-state index contributed by atoms with van der Waals surface area (Å²) in [7, 11) is 4.21. The van der Waals surface area contributed by atoms with Crippen LogP contribution in [0.4, 0.5) is 0 Å². The van der Waals surface area contributed by atoms with Gasteiger partial charge in [-0.3, -0.25) is 0 Å². The molecule has 0 fully saturated rings. The van der Waals surface area contributed by atoms with Crippen LogP contribution in [0.1, 0.15) is 23.1 Å². The van der Waals surface area contributed by atoms with Gasteiger partial charge >= 0.3 is 0 Å². The molecular formula is C20H28N2O. The van der Waals surface area contributed by atoms with Gasteiger partial charge in [-0.25, -0.2) is 0 Å². The molecule has 0 atom stereocenters. The zero-order valence-corrected chi connectivity index (χ0v) is 14.5. The lowest BCUT2D eigenvalue weighted by Gasteiger charge is -2.10. The molecule has 2 rings (SSSR count). The molecule has 3 heteroatoms. The highest BCUT2D eigenvalue weighted by Gasteiger charge is 1.98. The average molecular weight is 312 g/mol. The van der Waals surface area contributed by atoms with Crippen LogP contribution in [-0.2, 0) is 13.2 Å². The van der Waals surface area contributed by atoms with Crippen molar-refractivity contribution in [3.8, 4) is 5.75 Å². The second-order valence-corrected chi connectivity index (χ2v) is 6.26. The summed E-state index contributed by atoms with van der Waals surface area (Å²) >= 11 is 0. The molecule has 0 saturated carbocycles. The number of ether oxygens (including phenoxy) is 1. The summed E-state index contributed by atoms with van der Waals surface area (Å²) in [5, 5.41) is 3.47. The van der Waals surface area contributed by atoms with Crippen molar-refractivity contribution in [3.63, 3.8) is 0 Å². The molecule has 0 radical (unpaired) electrons. The van der Waals surface area contributed by atoms with Gasteiger partial charge in [0.2, 0.25) is 0 Å². The van der Waals surface area contributed by atoms with Gasteiger partial charge in [-0.15, -0.1) is 0 Å². The Morgan fingerprint density at radius 3 is 2.48 bits per heavy atom. The zero-order valence-electron chi connectivity index (χ0n) is 14.5. The van der Waals surface area contributed by atoms with E-state index in [1.54, 1.807) is 0 Å². The van der Waals surface area contributed by atoms with Crippen molar-refractivity contribution in [2.24, 2.45) is 0 Å². The van der Waals surface area contributed by atoms with E-state index < -0.39 is 0 Å². The lowest BCUT2D eigenvalue weighted by Crippen LogP contribution is -2.20. The molecule has 2 aromatic rings. The van der Waals surface area contributed by atoms with Crippen molar-refractivity contribution in [3.05, 3.63) is 65.2 Å². The minimum absolute atomic E-state index is 0.615. The van der Waals surface area contributed by atoms with Crippen molar-refractivity contribution in [1.82, 2.24) is 10.2 Å². The summed E-state index contributed by atoms with van der Waals surface area (Å²) in [6.45, 7) is 5.79. The van der Waals surface area contributed by atoms with Crippen LogP contribution >= 0.6 is 0 Å². The molecule has 23 heavy (non-hydrogen) atoms. The van der Waals surface area contributed by atoms with Crippen LogP contribution in [0.2, 0.25) is 0 Å². The zero-order chi connectivity index (χ0) is 16.5. The average Bonchev–Trinajstić information content (AvgIpc) is 2.53. The second kappa shape index (κ2) is 9.33. The summed E-state index contributed by atoms with van der Waals surface area (Å²) in [4.78, 5) is 2.21. The van der Waals surface area contributed by atoms with Gasteiger partial charge in [-0.1, -0.05) is 42.0 Å². The fourth-order valence-electron chi connectivity index (χ4n) is 2.43. The maximum Gasteiger partial charge on any atom is 0.119 e. The van der Waals surface area contributed by atoms with E-state index in [2.05, 4.69) is 67.6 Å². The topological polar surface area (TPSA) is 24.5 Å². The van der Waals surface area contributed by atoms with E-state index in [1.165, 1.54) is 23.1 Å². The first kappa shape index (κ1) is 17.5. The summed E-state index contributed by atoms with van der Waals surface area (Å²) in [5.74, 6) is 0.919. The van der Waals surface area contributed by atoms with Gasteiger partial charge in [-0.2, -0.15) is 0 Å². The summed E-state index contributed by atoms with van der Waals surface area (Å²) in [6, 6.07) is 16.8. The first-order valence-electron chi connectivity index (χ1n) is 8.26. The lowest BCUT2D eigenvalue weighted by atomic mass is 10.1. The number of nitrogens with one attached hydrogen (secondary N) is 1. The molecule has 0 aliphatic heterocycles. The number of benzene rings is 2. The third-order valence-electron chi connectivity index (χ3n) is 3.70. The molecule has 0 heterocycles. The van der Waals surface area contributed by atoms with Crippen molar-refractivity contribution in [1.29, 1.82) is 0 Å². The molecule has 0 aromatic heterocycles. The van der Waals surface area contributed by atoms with Crippen LogP contribution < -0.4 is 10.1 Å². The van der Waals surface area contributed by atoms with Crippen molar-refractivity contribution in [2.45, 2.75) is 26.5 Å². The van der Waals surface area contributed by atoms with Crippen LogP contribution in [0.5, 0.6) is 5.75 Å². The van der Waals surface area contributed by atoms with Crippen LogP contribution in [0.15, 0.2) is 48.5 Å². The Morgan fingerprint density at radius 2 is 1.78 bits per heavy atom. The van der Waals surface area contributed by atoms with E-state index in [4.69, 9.17) is 4.74 Å². The molecule has 2 aromatic carbocycles. The minimum Gasteiger partial charge on any atom is -0.489 e. The molecule has 0 amide bonds. The van der Waals surface area contributed by atoms with Gasteiger partial charge in [0, 0.05) is 6.54 Å². The molecule has 0 unspecified atom stereocenters. The molecule has 1 N–H and O–H groups in total. The number of rotatable bonds is 9. The fourth-order valence-corrected chi connectivity index (χ4v) is 2.43. The third kappa shape index (κ3) is 6.85. The molecular weight excluding hydrogens is 284 g/mol. The Labute approximate surface area is 140 Å². The molecule has 0 aliphatic rings. The number of hydrogen-bond acceptors (Lipinski definition) is 3. The van der Waals surface area contributed by atoms with Gasteiger partial charge < -0.3 is 15.0 Å². The predicted molar refractivity (Wildman–Crippen MR) is 96.8 cm³/mol. The normalized spacial score (nSPS) is 11.0. The highest BCUT2D eigenvalue weighted by atomic mass is 16.5. The van der Waals surface area contributed by atoms with Gasteiger partial charge in [0.1, 0.15) is 12.4 Å². The Morgan fingerprint density at radius 1 is 1.00 bits per heavy atom. The van der Waals surface area contributed by atoms with Gasteiger partial charge in [0.25, 0.3) is 0 Å². The Bertz CT molecular complexity index is 578. The van der Waals surface area contributed by atoms with Gasteiger partial charge in [0.15, 0.2) is 0 Å². The maximum atomic E-state index is 5.85. The fraction of sp³-hybridized carbons (Fsp3) is 0.400. The molecule has 0 saturated heterocycles. The van der Waals surface area contributed by atoms with Crippen molar-refractivity contribution >= 4 is 0 Å². The van der Waals surface area contributed by atoms with Crippen LogP contribution in [-0.4, -0.2) is 32.1 Å². The predicted octanol–water partition coefficient (Wildman–Crippen LogP) is 3.62. The van der Waals surface area contributed by atoms with Crippen molar-refractivity contribution < 1.29 is 4.74 Å². The van der Waals surface area contributed by atoms with E-state index >= 15 is 0 Å². The van der Waals surface area contributed by atoms with Crippen LogP contribution in [0, 0.1) is 6.92 Å². The van der Waals surface area contributed by atoms with E-state index in [1.807, 2.05) is 12.1 Å². The summed E-state index contributed by atoms with van der Waals surface area (Å²) in [6.07, 6.45) is 1.17. The third-order valence-corrected chi connectivity index (χ3v) is 3.70. The minimum atomic E-state index is 0.615.